The van der Waals surface area contributed by atoms with Crippen molar-refractivity contribution in [1.82, 2.24) is 4.83 Å². The van der Waals surface area contributed by atoms with Crippen LogP contribution in [0.5, 0.6) is 5.75 Å². The van der Waals surface area contributed by atoms with Gasteiger partial charge < -0.3 is 4.74 Å². The summed E-state index contributed by atoms with van der Waals surface area (Å²) in [6.07, 6.45) is 1.45. The van der Waals surface area contributed by atoms with Crippen LogP contribution in [0.2, 0.25) is 0 Å². The number of rotatable bonds is 7. The highest BCUT2D eigenvalue weighted by atomic mass is 32.2. The van der Waals surface area contributed by atoms with E-state index in [4.69, 9.17) is 4.74 Å². The Labute approximate surface area is 159 Å². The highest BCUT2D eigenvalue weighted by Gasteiger charge is 2.10. The molecule has 0 unspecified atom stereocenters. The van der Waals surface area contributed by atoms with Crippen molar-refractivity contribution in [2.45, 2.75) is 18.4 Å². The number of hydrogen-bond acceptors (Lipinski definition) is 4. The zero-order chi connectivity index (χ0) is 19.1. The molecule has 3 aromatic rings. The maximum Gasteiger partial charge on any atom is 0.276 e. The average molecular weight is 380 g/mol. The van der Waals surface area contributed by atoms with Crippen molar-refractivity contribution in [2.24, 2.45) is 5.10 Å². The number of ether oxygens (including phenoxy) is 1. The largest absolute Gasteiger partial charge is 0.489 e. The summed E-state index contributed by atoms with van der Waals surface area (Å²) in [6.45, 7) is 2.55. The van der Waals surface area contributed by atoms with Gasteiger partial charge in [-0.3, -0.25) is 0 Å². The zero-order valence-corrected chi connectivity index (χ0v) is 15.7. The molecule has 0 aliphatic heterocycles. The number of hydrazone groups is 1. The molecule has 138 valence electrons. The van der Waals surface area contributed by atoms with Gasteiger partial charge in [-0.05, 0) is 60.0 Å². The highest BCUT2D eigenvalue weighted by Crippen LogP contribution is 2.15. The van der Waals surface area contributed by atoms with Gasteiger partial charge in [0.15, 0.2) is 0 Å². The average Bonchev–Trinajstić information content (AvgIpc) is 2.69. The van der Waals surface area contributed by atoms with E-state index in [1.54, 1.807) is 18.2 Å². The van der Waals surface area contributed by atoms with E-state index in [0.717, 1.165) is 16.9 Å². The fourth-order valence-corrected chi connectivity index (χ4v) is 3.22. The molecule has 0 fully saturated rings. The normalized spacial score (nSPS) is 11.4. The number of aryl methyl sites for hydroxylation is 1. The predicted octanol–water partition coefficient (Wildman–Crippen LogP) is 3.89. The molecule has 0 radical (unpaired) electrons. The molecule has 0 saturated carbocycles. The summed E-state index contributed by atoms with van der Waals surface area (Å²) in [5.41, 5.74) is 3.08. The van der Waals surface area contributed by atoms with E-state index in [1.807, 2.05) is 42.5 Å². The maximum absolute atomic E-state index is 12.1. The van der Waals surface area contributed by atoms with Crippen LogP contribution in [0.3, 0.4) is 0 Å². The van der Waals surface area contributed by atoms with Crippen LogP contribution in [0, 0.1) is 6.92 Å². The molecular weight excluding hydrogens is 360 g/mol. The Balaban J connectivity index is 1.57. The lowest BCUT2D eigenvalue weighted by Crippen LogP contribution is -2.18. The van der Waals surface area contributed by atoms with Gasteiger partial charge in [-0.2, -0.15) is 13.5 Å². The van der Waals surface area contributed by atoms with E-state index in [9.17, 15) is 8.42 Å². The molecular formula is C21H20N2O3S. The zero-order valence-electron chi connectivity index (χ0n) is 14.9. The Morgan fingerprint density at radius 3 is 2.30 bits per heavy atom. The molecule has 1 N–H and O–H groups in total. The van der Waals surface area contributed by atoms with Crippen molar-refractivity contribution >= 4 is 16.2 Å². The van der Waals surface area contributed by atoms with Gasteiger partial charge in [0.05, 0.1) is 11.1 Å². The van der Waals surface area contributed by atoms with E-state index >= 15 is 0 Å². The van der Waals surface area contributed by atoms with Crippen LogP contribution >= 0.6 is 0 Å². The summed E-state index contributed by atoms with van der Waals surface area (Å²) in [5, 5.41) is 3.82. The van der Waals surface area contributed by atoms with Crippen LogP contribution in [0.1, 0.15) is 16.7 Å². The lowest BCUT2D eigenvalue weighted by atomic mass is 10.1. The quantitative estimate of drug-likeness (QED) is 0.499. The van der Waals surface area contributed by atoms with Crippen LogP contribution in [-0.2, 0) is 16.6 Å². The molecule has 0 heterocycles. The summed E-state index contributed by atoms with van der Waals surface area (Å²) in [6, 6.07) is 23.5. The van der Waals surface area contributed by atoms with Crippen molar-refractivity contribution in [3.63, 3.8) is 0 Å². The Hall–Kier alpha value is -3.12. The summed E-state index contributed by atoms with van der Waals surface area (Å²) < 4.78 is 29.9. The SMILES string of the molecule is Cc1ccccc1COc1ccc(/C=N/NS(=O)(=O)c2ccccc2)cc1. The Kier molecular flexibility index (Phi) is 5.88. The van der Waals surface area contributed by atoms with Crippen LogP contribution in [0.15, 0.2) is 88.9 Å². The van der Waals surface area contributed by atoms with Crippen molar-refractivity contribution in [3.05, 3.63) is 95.6 Å². The van der Waals surface area contributed by atoms with E-state index in [0.29, 0.717) is 6.61 Å². The minimum Gasteiger partial charge on any atom is -0.489 e. The van der Waals surface area contributed by atoms with Gasteiger partial charge in [-0.1, -0.05) is 42.5 Å². The van der Waals surface area contributed by atoms with Crippen LogP contribution in [0.25, 0.3) is 0 Å². The van der Waals surface area contributed by atoms with E-state index in [1.165, 1.54) is 23.9 Å². The molecule has 0 spiro atoms. The van der Waals surface area contributed by atoms with Gasteiger partial charge >= 0.3 is 0 Å². The van der Waals surface area contributed by atoms with Crippen molar-refractivity contribution < 1.29 is 13.2 Å². The lowest BCUT2D eigenvalue weighted by molar-refractivity contribution is 0.305. The monoisotopic (exact) mass is 380 g/mol. The molecule has 27 heavy (non-hydrogen) atoms. The molecule has 0 atom stereocenters. The first-order valence-electron chi connectivity index (χ1n) is 8.42. The topological polar surface area (TPSA) is 67.8 Å². The van der Waals surface area contributed by atoms with Crippen LogP contribution in [-0.4, -0.2) is 14.6 Å². The predicted molar refractivity (Wildman–Crippen MR) is 106 cm³/mol. The van der Waals surface area contributed by atoms with E-state index in [2.05, 4.69) is 22.9 Å². The number of nitrogens with zero attached hydrogens (tertiary/aromatic N) is 1. The van der Waals surface area contributed by atoms with Gasteiger partial charge in [0.2, 0.25) is 0 Å². The number of sulfonamides is 1. The third-order valence-electron chi connectivity index (χ3n) is 3.98. The fourth-order valence-electron chi connectivity index (χ4n) is 2.41. The van der Waals surface area contributed by atoms with Gasteiger partial charge in [-0.25, -0.2) is 4.83 Å². The van der Waals surface area contributed by atoms with E-state index in [-0.39, 0.29) is 4.90 Å². The minimum atomic E-state index is -3.65. The summed E-state index contributed by atoms with van der Waals surface area (Å²) in [4.78, 5) is 2.37. The van der Waals surface area contributed by atoms with Gasteiger partial charge in [0.25, 0.3) is 10.0 Å². The second-order valence-electron chi connectivity index (χ2n) is 5.95. The molecule has 3 aromatic carbocycles. The van der Waals surface area contributed by atoms with Crippen molar-refractivity contribution in [3.8, 4) is 5.75 Å². The first kappa shape index (κ1) is 18.7. The Morgan fingerprint density at radius 1 is 0.926 bits per heavy atom. The molecule has 0 aromatic heterocycles. The maximum atomic E-state index is 12.1. The summed E-state index contributed by atoms with van der Waals surface area (Å²) in [7, 11) is -3.65. The Bertz CT molecular complexity index is 1010. The van der Waals surface area contributed by atoms with Crippen LogP contribution in [0.4, 0.5) is 0 Å². The molecule has 0 saturated heterocycles. The summed E-state index contributed by atoms with van der Waals surface area (Å²) >= 11 is 0. The van der Waals surface area contributed by atoms with Gasteiger partial charge in [0, 0.05) is 0 Å². The third-order valence-corrected chi connectivity index (χ3v) is 5.21. The number of hydrogen-bond donors (Lipinski definition) is 1. The van der Waals surface area contributed by atoms with Crippen molar-refractivity contribution in [1.29, 1.82) is 0 Å². The summed E-state index contributed by atoms with van der Waals surface area (Å²) in [5.74, 6) is 0.736. The molecule has 0 bridgehead atoms. The smallest absolute Gasteiger partial charge is 0.276 e. The van der Waals surface area contributed by atoms with Crippen LogP contribution < -0.4 is 9.57 Å². The first-order chi connectivity index (χ1) is 13.0. The third kappa shape index (κ3) is 5.18. The number of nitrogens with one attached hydrogen (secondary N) is 1. The molecule has 6 heteroatoms. The van der Waals surface area contributed by atoms with Gasteiger partial charge in [0.1, 0.15) is 12.4 Å². The number of benzene rings is 3. The second-order valence-corrected chi connectivity index (χ2v) is 7.61. The minimum absolute atomic E-state index is 0.169. The van der Waals surface area contributed by atoms with Gasteiger partial charge in [-0.15, -0.1) is 0 Å². The first-order valence-corrected chi connectivity index (χ1v) is 9.90. The fraction of sp³-hybridized carbons (Fsp3) is 0.0952. The van der Waals surface area contributed by atoms with E-state index < -0.39 is 10.0 Å². The highest BCUT2D eigenvalue weighted by molar-refractivity contribution is 7.89. The second kappa shape index (κ2) is 8.51. The lowest BCUT2D eigenvalue weighted by Gasteiger charge is -2.08. The molecule has 3 rings (SSSR count). The molecule has 5 nitrogen and oxygen atoms in total. The standard InChI is InChI=1S/C21H20N2O3S/c1-17-7-5-6-8-19(17)16-26-20-13-11-18(12-14-20)15-22-23-27(24,25)21-9-3-2-4-10-21/h2-15,23H,16H2,1H3/b22-15+. The molecule has 0 aliphatic carbocycles. The van der Waals surface area contributed by atoms with Crippen molar-refractivity contribution in [2.75, 3.05) is 0 Å². The molecule has 0 amide bonds. The Morgan fingerprint density at radius 2 is 1.59 bits per heavy atom. The molecule has 0 aliphatic rings.